The molecule has 2 rings (SSSR count). The van der Waals surface area contributed by atoms with Gasteiger partial charge >= 0.3 is 0 Å². The molecule has 3 nitrogen and oxygen atoms in total. The highest BCUT2D eigenvalue weighted by molar-refractivity contribution is 6.31. The summed E-state index contributed by atoms with van der Waals surface area (Å²) in [5.74, 6) is 0. The molecule has 1 N–H and O–H groups in total. The Labute approximate surface area is 108 Å². The lowest BCUT2D eigenvalue weighted by molar-refractivity contribution is -0.00867. The molecule has 1 aromatic heterocycles. The van der Waals surface area contributed by atoms with Crippen LogP contribution in [0.4, 0.5) is 0 Å². The van der Waals surface area contributed by atoms with Gasteiger partial charge in [-0.2, -0.15) is 5.10 Å². The standard InChI is InChI=1S/C13H21ClN2O/c1-5-16-10(11(14)9(2)15-16)8-13(4,17)12(3)6-7-12/h17H,5-8H2,1-4H3. The van der Waals surface area contributed by atoms with Crippen LogP contribution in [-0.4, -0.2) is 20.5 Å². The van der Waals surface area contributed by atoms with Crippen LogP contribution in [0.1, 0.15) is 45.0 Å². The monoisotopic (exact) mass is 256 g/mol. The SMILES string of the molecule is CCn1nc(C)c(Cl)c1CC(C)(O)C1(C)CC1. The van der Waals surface area contributed by atoms with Gasteiger partial charge in [0.2, 0.25) is 0 Å². The third kappa shape index (κ3) is 2.11. The fraction of sp³-hybridized carbons (Fsp3) is 0.769. The van der Waals surface area contributed by atoms with Gasteiger partial charge in [0.05, 0.1) is 22.0 Å². The normalized spacial score (nSPS) is 21.3. The molecule has 1 unspecified atom stereocenters. The van der Waals surface area contributed by atoms with Crippen LogP contribution in [-0.2, 0) is 13.0 Å². The minimum atomic E-state index is -0.698. The number of aromatic nitrogens is 2. The van der Waals surface area contributed by atoms with Crippen molar-refractivity contribution < 1.29 is 5.11 Å². The molecular formula is C13H21ClN2O. The minimum absolute atomic E-state index is 0.0487. The van der Waals surface area contributed by atoms with E-state index in [1.54, 1.807) is 0 Å². The van der Waals surface area contributed by atoms with Crippen LogP contribution >= 0.6 is 11.6 Å². The van der Waals surface area contributed by atoms with Gasteiger partial charge in [-0.15, -0.1) is 0 Å². The Morgan fingerprint density at radius 2 is 2.12 bits per heavy atom. The highest BCUT2D eigenvalue weighted by Crippen LogP contribution is 2.54. The van der Waals surface area contributed by atoms with E-state index in [4.69, 9.17) is 11.6 Å². The molecule has 0 aliphatic heterocycles. The van der Waals surface area contributed by atoms with Gasteiger partial charge in [-0.25, -0.2) is 0 Å². The summed E-state index contributed by atoms with van der Waals surface area (Å²) in [6.45, 7) is 8.79. The molecule has 4 heteroatoms. The van der Waals surface area contributed by atoms with E-state index in [1.807, 2.05) is 25.5 Å². The van der Waals surface area contributed by atoms with E-state index in [9.17, 15) is 5.11 Å². The quantitative estimate of drug-likeness (QED) is 0.900. The summed E-state index contributed by atoms with van der Waals surface area (Å²) in [5.41, 5.74) is 1.16. The Hall–Kier alpha value is -0.540. The molecule has 1 saturated carbocycles. The molecule has 1 heterocycles. The van der Waals surface area contributed by atoms with Crippen LogP contribution < -0.4 is 0 Å². The van der Waals surface area contributed by atoms with Crippen LogP contribution in [0.3, 0.4) is 0 Å². The summed E-state index contributed by atoms with van der Waals surface area (Å²) >= 11 is 6.27. The summed E-state index contributed by atoms with van der Waals surface area (Å²) in [5, 5.41) is 15.7. The van der Waals surface area contributed by atoms with E-state index in [0.717, 1.165) is 30.8 Å². The van der Waals surface area contributed by atoms with Gasteiger partial charge in [-0.1, -0.05) is 18.5 Å². The molecule has 0 amide bonds. The topological polar surface area (TPSA) is 38.0 Å². The fourth-order valence-corrected chi connectivity index (χ4v) is 2.51. The summed E-state index contributed by atoms with van der Waals surface area (Å²) in [4.78, 5) is 0. The Kier molecular flexibility index (Phi) is 3.03. The Bertz CT molecular complexity index is 433. The lowest BCUT2D eigenvalue weighted by atomic mass is 9.83. The van der Waals surface area contributed by atoms with Crippen molar-refractivity contribution in [2.24, 2.45) is 5.41 Å². The Morgan fingerprint density at radius 3 is 2.59 bits per heavy atom. The Balaban J connectivity index is 2.29. The lowest BCUT2D eigenvalue weighted by Crippen LogP contribution is -2.37. The number of aliphatic hydroxyl groups is 1. The second-order valence-electron chi connectivity index (χ2n) is 5.67. The fourth-order valence-electron chi connectivity index (χ4n) is 2.30. The minimum Gasteiger partial charge on any atom is -0.389 e. The maximum absolute atomic E-state index is 10.6. The van der Waals surface area contributed by atoms with E-state index in [2.05, 4.69) is 12.0 Å². The van der Waals surface area contributed by atoms with Gasteiger partial charge in [-0.05, 0) is 39.0 Å². The van der Waals surface area contributed by atoms with Gasteiger partial charge in [0.1, 0.15) is 0 Å². The number of hydrogen-bond donors (Lipinski definition) is 1. The van der Waals surface area contributed by atoms with Gasteiger partial charge < -0.3 is 5.11 Å². The van der Waals surface area contributed by atoms with Gasteiger partial charge in [0.15, 0.2) is 0 Å². The number of halogens is 1. The van der Waals surface area contributed by atoms with Crippen molar-refractivity contribution in [3.05, 3.63) is 16.4 Å². The Morgan fingerprint density at radius 1 is 1.53 bits per heavy atom. The molecule has 1 aliphatic carbocycles. The van der Waals surface area contributed by atoms with Crippen LogP contribution in [0.2, 0.25) is 5.02 Å². The third-order valence-electron chi connectivity index (χ3n) is 4.26. The first kappa shape index (κ1) is 12.9. The van der Waals surface area contributed by atoms with Gasteiger partial charge in [-0.3, -0.25) is 4.68 Å². The molecule has 1 atom stereocenters. The van der Waals surface area contributed by atoms with Crippen molar-refractivity contribution in [1.29, 1.82) is 0 Å². The van der Waals surface area contributed by atoms with Crippen molar-refractivity contribution >= 4 is 11.6 Å². The molecule has 96 valence electrons. The molecule has 1 fully saturated rings. The number of rotatable bonds is 4. The molecule has 0 aromatic carbocycles. The van der Waals surface area contributed by atoms with Crippen LogP contribution in [0.5, 0.6) is 0 Å². The molecule has 1 aliphatic rings. The smallest absolute Gasteiger partial charge is 0.0848 e. The average molecular weight is 257 g/mol. The zero-order chi connectivity index (χ0) is 12.8. The van der Waals surface area contributed by atoms with E-state index in [0.29, 0.717) is 11.4 Å². The second kappa shape index (κ2) is 3.99. The van der Waals surface area contributed by atoms with Crippen molar-refractivity contribution in [1.82, 2.24) is 9.78 Å². The number of nitrogens with zero attached hydrogens (tertiary/aromatic N) is 2. The first-order valence-electron chi connectivity index (χ1n) is 6.25. The molecule has 0 bridgehead atoms. The first-order chi connectivity index (χ1) is 7.81. The average Bonchev–Trinajstić information content (AvgIpc) is 2.96. The zero-order valence-corrected chi connectivity index (χ0v) is 11.8. The molecule has 17 heavy (non-hydrogen) atoms. The lowest BCUT2D eigenvalue weighted by Gasteiger charge is -2.30. The first-order valence-corrected chi connectivity index (χ1v) is 6.63. The predicted molar refractivity (Wildman–Crippen MR) is 69.3 cm³/mol. The van der Waals surface area contributed by atoms with E-state index in [-0.39, 0.29) is 5.41 Å². The molecule has 0 radical (unpaired) electrons. The summed E-state index contributed by atoms with van der Waals surface area (Å²) < 4.78 is 1.90. The van der Waals surface area contributed by atoms with Crippen molar-refractivity contribution in [2.75, 3.05) is 0 Å². The van der Waals surface area contributed by atoms with Gasteiger partial charge in [0, 0.05) is 13.0 Å². The van der Waals surface area contributed by atoms with Crippen LogP contribution in [0.15, 0.2) is 0 Å². The number of aryl methyl sites for hydroxylation is 2. The third-order valence-corrected chi connectivity index (χ3v) is 4.76. The molecular weight excluding hydrogens is 236 g/mol. The predicted octanol–water partition coefficient (Wildman–Crippen LogP) is 2.96. The van der Waals surface area contributed by atoms with E-state index < -0.39 is 5.60 Å². The van der Waals surface area contributed by atoms with Crippen LogP contribution in [0, 0.1) is 12.3 Å². The summed E-state index contributed by atoms with van der Waals surface area (Å²) in [6.07, 6.45) is 2.77. The largest absolute Gasteiger partial charge is 0.389 e. The number of hydrogen-bond acceptors (Lipinski definition) is 2. The van der Waals surface area contributed by atoms with Gasteiger partial charge in [0.25, 0.3) is 0 Å². The molecule has 0 saturated heterocycles. The molecule has 0 spiro atoms. The highest BCUT2D eigenvalue weighted by atomic mass is 35.5. The second-order valence-corrected chi connectivity index (χ2v) is 6.05. The van der Waals surface area contributed by atoms with Crippen molar-refractivity contribution in [3.8, 4) is 0 Å². The molecule has 1 aromatic rings. The van der Waals surface area contributed by atoms with Crippen molar-refractivity contribution in [2.45, 2.75) is 59.1 Å². The van der Waals surface area contributed by atoms with Crippen molar-refractivity contribution in [3.63, 3.8) is 0 Å². The maximum atomic E-state index is 10.6. The zero-order valence-electron chi connectivity index (χ0n) is 11.0. The van der Waals surface area contributed by atoms with Crippen LogP contribution in [0.25, 0.3) is 0 Å². The van der Waals surface area contributed by atoms with E-state index in [1.165, 1.54) is 0 Å². The van der Waals surface area contributed by atoms with E-state index >= 15 is 0 Å². The summed E-state index contributed by atoms with van der Waals surface area (Å²) in [6, 6.07) is 0. The maximum Gasteiger partial charge on any atom is 0.0848 e. The highest BCUT2D eigenvalue weighted by Gasteiger charge is 2.52. The summed E-state index contributed by atoms with van der Waals surface area (Å²) in [7, 11) is 0.